The molecule has 1 amide bonds. The summed E-state index contributed by atoms with van der Waals surface area (Å²) in [4.78, 5) is 12.8. The fourth-order valence-corrected chi connectivity index (χ4v) is 3.03. The van der Waals surface area contributed by atoms with Gasteiger partial charge in [-0.25, -0.2) is 0 Å². The molecule has 1 aromatic carbocycles. The number of carbonyl (C=O) groups excluding carboxylic acids is 1. The van der Waals surface area contributed by atoms with Crippen LogP contribution in [0.15, 0.2) is 23.1 Å². The monoisotopic (exact) mass is 264 g/mol. The minimum Gasteiger partial charge on any atom is -0.324 e. The molecule has 0 aromatic heterocycles. The van der Waals surface area contributed by atoms with E-state index in [0.29, 0.717) is 5.92 Å². The average Bonchev–Trinajstić information content (AvgIpc) is 2.29. The number of hydrogen-bond donors (Lipinski definition) is 2. The quantitative estimate of drug-likeness (QED) is 0.881. The van der Waals surface area contributed by atoms with Gasteiger partial charge in [0.15, 0.2) is 0 Å². The molecule has 1 aliphatic heterocycles. The summed E-state index contributed by atoms with van der Waals surface area (Å²) < 4.78 is 0. The molecule has 0 aliphatic carbocycles. The van der Waals surface area contributed by atoms with Gasteiger partial charge < -0.3 is 11.1 Å². The molecule has 2 atom stereocenters. The smallest absolute Gasteiger partial charge is 0.237 e. The van der Waals surface area contributed by atoms with E-state index in [4.69, 9.17) is 5.73 Å². The fourth-order valence-electron chi connectivity index (χ4n) is 2.10. The third-order valence-electron chi connectivity index (χ3n) is 3.09. The van der Waals surface area contributed by atoms with Crippen molar-refractivity contribution in [2.75, 3.05) is 5.32 Å². The third-order valence-corrected chi connectivity index (χ3v) is 4.27. The molecule has 0 radical (unpaired) electrons. The highest BCUT2D eigenvalue weighted by Gasteiger charge is 2.23. The van der Waals surface area contributed by atoms with Crippen LogP contribution in [0.2, 0.25) is 0 Å². The van der Waals surface area contributed by atoms with Gasteiger partial charge in [-0.2, -0.15) is 0 Å². The van der Waals surface area contributed by atoms with Crippen LogP contribution < -0.4 is 11.1 Å². The van der Waals surface area contributed by atoms with Crippen LogP contribution in [0.4, 0.5) is 5.69 Å². The van der Waals surface area contributed by atoms with E-state index in [9.17, 15) is 4.79 Å². The lowest BCUT2D eigenvalue weighted by Gasteiger charge is -2.23. The molecular weight excluding hydrogens is 244 g/mol. The first kappa shape index (κ1) is 13.4. The number of amides is 1. The van der Waals surface area contributed by atoms with Crippen LogP contribution in [-0.2, 0) is 4.79 Å². The van der Waals surface area contributed by atoms with E-state index in [0.717, 1.165) is 22.6 Å². The number of benzene rings is 1. The maximum Gasteiger partial charge on any atom is 0.237 e. The van der Waals surface area contributed by atoms with E-state index in [-0.39, 0.29) is 17.2 Å². The summed E-state index contributed by atoms with van der Waals surface area (Å²) in [6.07, 6.45) is 0.955. The zero-order chi connectivity index (χ0) is 13.3. The zero-order valence-corrected chi connectivity index (χ0v) is 11.9. The van der Waals surface area contributed by atoms with Crippen LogP contribution in [-0.4, -0.2) is 11.2 Å². The maximum absolute atomic E-state index is 11.7. The molecule has 2 rings (SSSR count). The lowest BCUT2D eigenvalue weighted by Crippen LogP contribution is -2.26. The van der Waals surface area contributed by atoms with Gasteiger partial charge >= 0.3 is 0 Å². The number of nitrogens with one attached hydrogen (secondary N) is 1. The van der Waals surface area contributed by atoms with Crippen molar-refractivity contribution in [3.63, 3.8) is 0 Å². The zero-order valence-electron chi connectivity index (χ0n) is 11.1. The molecule has 2 unspecified atom stereocenters. The molecule has 3 nitrogen and oxygen atoms in total. The van der Waals surface area contributed by atoms with Gasteiger partial charge in [0.2, 0.25) is 5.91 Å². The minimum absolute atomic E-state index is 0.0207. The number of anilines is 1. The molecule has 3 N–H and O–H groups in total. The van der Waals surface area contributed by atoms with Gasteiger partial charge in [-0.1, -0.05) is 19.9 Å². The van der Waals surface area contributed by atoms with Gasteiger partial charge in [-0.3, -0.25) is 4.79 Å². The van der Waals surface area contributed by atoms with Gasteiger partial charge in [0, 0.05) is 10.9 Å². The lowest BCUT2D eigenvalue weighted by molar-refractivity contribution is -0.115. The summed E-state index contributed by atoms with van der Waals surface area (Å²) >= 11 is 1.60. The summed E-state index contributed by atoms with van der Waals surface area (Å²) in [5.74, 6) is 0.641. The largest absolute Gasteiger partial charge is 0.324 e. The Bertz CT molecular complexity index is 459. The first-order valence-electron chi connectivity index (χ1n) is 6.34. The summed E-state index contributed by atoms with van der Waals surface area (Å²) in [7, 11) is 0. The Morgan fingerprint density at radius 1 is 1.44 bits per heavy atom. The molecule has 98 valence electrons. The second-order valence-corrected chi connectivity index (χ2v) is 6.62. The van der Waals surface area contributed by atoms with Crippen LogP contribution in [0.5, 0.6) is 0 Å². The van der Waals surface area contributed by atoms with Crippen LogP contribution in [0.1, 0.15) is 38.8 Å². The van der Waals surface area contributed by atoms with Crippen molar-refractivity contribution in [2.24, 2.45) is 11.7 Å². The summed E-state index contributed by atoms with van der Waals surface area (Å²) in [6, 6.07) is 6.18. The normalized spacial score (nSPS) is 20.5. The van der Waals surface area contributed by atoms with E-state index in [1.807, 2.05) is 13.0 Å². The van der Waals surface area contributed by atoms with Crippen molar-refractivity contribution in [1.82, 2.24) is 0 Å². The first-order valence-corrected chi connectivity index (χ1v) is 7.22. The molecule has 0 spiro atoms. The van der Waals surface area contributed by atoms with E-state index in [1.54, 1.807) is 11.8 Å². The first-order chi connectivity index (χ1) is 8.47. The van der Waals surface area contributed by atoms with Crippen LogP contribution in [0, 0.1) is 5.92 Å². The highest BCUT2D eigenvalue weighted by molar-refractivity contribution is 8.00. The second-order valence-electron chi connectivity index (χ2n) is 5.24. The number of fused-ring (bicyclic) bond motifs is 1. The Kier molecular flexibility index (Phi) is 3.97. The highest BCUT2D eigenvalue weighted by Crippen LogP contribution is 2.37. The number of hydrogen-bond acceptors (Lipinski definition) is 3. The molecule has 0 saturated carbocycles. The van der Waals surface area contributed by atoms with Gasteiger partial charge in [0.25, 0.3) is 0 Å². The molecule has 1 aliphatic rings. The predicted molar refractivity (Wildman–Crippen MR) is 76.8 cm³/mol. The van der Waals surface area contributed by atoms with Crippen molar-refractivity contribution in [3.05, 3.63) is 23.8 Å². The Balaban J connectivity index is 2.22. The van der Waals surface area contributed by atoms with E-state index < -0.39 is 0 Å². The molecule has 0 saturated heterocycles. The van der Waals surface area contributed by atoms with Crippen LogP contribution >= 0.6 is 11.8 Å². The summed E-state index contributed by atoms with van der Waals surface area (Å²) in [5, 5.41) is 2.92. The topological polar surface area (TPSA) is 55.1 Å². The maximum atomic E-state index is 11.7. The molecule has 18 heavy (non-hydrogen) atoms. The van der Waals surface area contributed by atoms with Crippen LogP contribution in [0.3, 0.4) is 0 Å². The number of carbonyl (C=O) groups is 1. The Morgan fingerprint density at radius 3 is 2.83 bits per heavy atom. The van der Waals surface area contributed by atoms with Crippen molar-refractivity contribution in [2.45, 2.75) is 43.4 Å². The highest BCUT2D eigenvalue weighted by atomic mass is 32.2. The van der Waals surface area contributed by atoms with E-state index in [2.05, 4.69) is 31.3 Å². The summed E-state index contributed by atoms with van der Waals surface area (Å²) in [6.45, 7) is 6.25. The number of rotatable bonds is 3. The standard InChI is InChI=1S/C14H20N2OS/c1-8(2)6-11(15)10-4-5-13-12(7-10)16-14(17)9(3)18-13/h4-5,7-9,11H,6,15H2,1-3H3,(H,16,17). The minimum atomic E-state index is -0.0207. The molecule has 4 heteroatoms. The van der Waals surface area contributed by atoms with Gasteiger partial charge in [0.1, 0.15) is 0 Å². The van der Waals surface area contributed by atoms with Gasteiger partial charge in [-0.15, -0.1) is 11.8 Å². The number of thioether (sulfide) groups is 1. The molecule has 1 heterocycles. The molecule has 0 fully saturated rings. The summed E-state index contributed by atoms with van der Waals surface area (Å²) in [5.41, 5.74) is 8.17. The SMILES string of the molecule is CC(C)CC(N)c1ccc2c(c1)NC(=O)C(C)S2. The van der Waals surface area contributed by atoms with E-state index in [1.165, 1.54) is 0 Å². The van der Waals surface area contributed by atoms with Crippen LogP contribution in [0.25, 0.3) is 0 Å². The van der Waals surface area contributed by atoms with Crippen molar-refractivity contribution in [3.8, 4) is 0 Å². The average molecular weight is 264 g/mol. The van der Waals surface area contributed by atoms with Gasteiger partial charge in [0.05, 0.1) is 10.9 Å². The molecule has 1 aromatic rings. The molecule has 0 bridgehead atoms. The number of nitrogens with two attached hydrogens (primary N) is 1. The van der Waals surface area contributed by atoms with E-state index >= 15 is 0 Å². The predicted octanol–water partition coefficient (Wildman–Crippen LogP) is 3.17. The van der Waals surface area contributed by atoms with Crippen molar-refractivity contribution >= 4 is 23.4 Å². The Morgan fingerprint density at radius 2 is 2.17 bits per heavy atom. The van der Waals surface area contributed by atoms with Crippen molar-refractivity contribution in [1.29, 1.82) is 0 Å². The fraction of sp³-hybridized carbons (Fsp3) is 0.500. The Hall–Kier alpha value is -1.000. The van der Waals surface area contributed by atoms with Crippen molar-refractivity contribution < 1.29 is 4.79 Å². The van der Waals surface area contributed by atoms with Gasteiger partial charge in [-0.05, 0) is 37.0 Å². The Labute approximate surface area is 113 Å². The third kappa shape index (κ3) is 2.87. The lowest BCUT2D eigenvalue weighted by atomic mass is 9.97. The second kappa shape index (κ2) is 5.33. The molecular formula is C14H20N2OS.